The molecule has 7 heteroatoms. The SMILES string of the molecule is CC(C)(C)OC(=O)C(C(=O)OC(C)(C)C)C(N)C(=O)O. The second kappa shape index (κ2) is 6.21. The molecule has 3 N–H and O–H groups in total. The maximum atomic E-state index is 12.0. The normalized spacial score (nSPS) is 13.8. The van der Waals surface area contributed by atoms with E-state index in [0.29, 0.717) is 0 Å². The molecule has 0 aromatic heterocycles. The highest BCUT2D eigenvalue weighted by molar-refractivity contribution is 6.00. The fraction of sp³-hybridized carbons (Fsp3) is 0.769. The van der Waals surface area contributed by atoms with Gasteiger partial charge in [-0.25, -0.2) is 0 Å². The molecular formula is C13H23NO6. The number of carbonyl (C=O) groups excluding carboxylic acids is 2. The molecule has 0 aliphatic heterocycles. The Bertz CT molecular complexity index is 363. The average Bonchev–Trinajstić information content (AvgIpc) is 2.10. The monoisotopic (exact) mass is 289 g/mol. The van der Waals surface area contributed by atoms with Crippen molar-refractivity contribution in [3.05, 3.63) is 0 Å². The van der Waals surface area contributed by atoms with Crippen LogP contribution >= 0.6 is 0 Å². The van der Waals surface area contributed by atoms with Crippen molar-refractivity contribution in [3.8, 4) is 0 Å². The first-order valence-electron chi connectivity index (χ1n) is 6.19. The molecule has 0 aromatic carbocycles. The lowest BCUT2D eigenvalue weighted by Gasteiger charge is -2.27. The number of hydrogen-bond donors (Lipinski definition) is 2. The summed E-state index contributed by atoms with van der Waals surface area (Å²) in [4.78, 5) is 34.9. The third-order valence-corrected chi connectivity index (χ3v) is 1.97. The Labute approximate surface area is 118 Å². The van der Waals surface area contributed by atoms with E-state index in [4.69, 9.17) is 20.3 Å². The third kappa shape index (κ3) is 6.51. The van der Waals surface area contributed by atoms with Crippen LogP contribution in [-0.4, -0.2) is 40.3 Å². The maximum absolute atomic E-state index is 12.0. The van der Waals surface area contributed by atoms with Crippen molar-refractivity contribution in [3.63, 3.8) is 0 Å². The molecule has 0 bridgehead atoms. The number of esters is 2. The van der Waals surface area contributed by atoms with Gasteiger partial charge in [-0.05, 0) is 41.5 Å². The van der Waals surface area contributed by atoms with Crippen LogP contribution in [0.4, 0.5) is 0 Å². The van der Waals surface area contributed by atoms with Crippen LogP contribution in [0.15, 0.2) is 0 Å². The summed E-state index contributed by atoms with van der Waals surface area (Å²) in [6.07, 6.45) is 0. The van der Waals surface area contributed by atoms with Crippen molar-refractivity contribution in [2.45, 2.75) is 58.8 Å². The molecule has 0 radical (unpaired) electrons. The van der Waals surface area contributed by atoms with Crippen molar-refractivity contribution in [1.82, 2.24) is 0 Å². The first-order valence-corrected chi connectivity index (χ1v) is 6.19. The molecule has 0 aromatic rings. The van der Waals surface area contributed by atoms with Gasteiger partial charge in [0.25, 0.3) is 0 Å². The lowest BCUT2D eigenvalue weighted by molar-refractivity contribution is -0.178. The highest BCUT2D eigenvalue weighted by atomic mass is 16.6. The van der Waals surface area contributed by atoms with Gasteiger partial charge in [-0.3, -0.25) is 14.4 Å². The molecule has 1 unspecified atom stereocenters. The van der Waals surface area contributed by atoms with E-state index < -0.39 is 41.1 Å². The summed E-state index contributed by atoms with van der Waals surface area (Å²) in [7, 11) is 0. The van der Waals surface area contributed by atoms with Crippen molar-refractivity contribution < 1.29 is 29.0 Å². The minimum absolute atomic E-state index is 0.866. The van der Waals surface area contributed by atoms with E-state index >= 15 is 0 Å². The van der Waals surface area contributed by atoms with Gasteiger partial charge in [-0.15, -0.1) is 0 Å². The van der Waals surface area contributed by atoms with Gasteiger partial charge < -0.3 is 20.3 Å². The van der Waals surface area contributed by atoms with E-state index in [-0.39, 0.29) is 0 Å². The van der Waals surface area contributed by atoms with Crippen LogP contribution in [0.25, 0.3) is 0 Å². The van der Waals surface area contributed by atoms with Crippen molar-refractivity contribution in [1.29, 1.82) is 0 Å². The van der Waals surface area contributed by atoms with Crippen molar-refractivity contribution in [2.75, 3.05) is 0 Å². The van der Waals surface area contributed by atoms with Gasteiger partial charge in [0.15, 0.2) is 5.92 Å². The second-order valence-electron chi connectivity index (χ2n) is 6.41. The van der Waals surface area contributed by atoms with E-state index in [1.165, 1.54) is 0 Å². The summed E-state index contributed by atoms with van der Waals surface area (Å²) in [6, 6.07) is -1.72. The minimum Gasteiger partial charge on any atom is -0.480 e. The second-order valence-corrected chi connectivity index (χ2v) is 6.41. The Morgan fingerprint density at radius 3 is 1.40 bits per heavy atom. The first kappa shape index (κ1) is 18.4. The minimum atomic E-state index is -1.72. The zero-order chi connectivity index (χ0) is 16.3. The molecule has 0 saturated heterocycles. The molecule has 0 heterocycles. The van der Waals surface area contributed by atoms with Gasteiger partial charge in [-0.2, -0.15) is 0 Å². The predicted octanol–water partition coefficient (Wildman–Crippen LogP) is 0.698. The summed E-state index contributed by atoms with van der Waals surface area (Å²) >= 11 is 0. The number of carbonyl (C=O) groups is 3. The summed E-state index contributed by atoms with van der Waals surface area (Å²) in [5.41, 5.74) is 3.67. The van der Waals surface area contributed by atoms with Crippen LogP contribution < -0.4 is 5.73 Å². The Morgan fingerprint density at radius 2 is 1.20 bits per heavy atom. The largest absolute Gasteiger partial charge is 0.480 e. The zero-order valence-electron chi connectivity index (χ0n) is 12.7. The summed E-state index contributed by atoms with van der Waals surface area (Å²) in [6.45, 7) is 9.60. The Hall–Kier alpha value is -1.63. The molecule has 0 saturated carbocycles. The standard InChI is InChI=1S/C13H23NO6/c1-12(2,3)19-10(17)7(8(14)9(15)16)11(18)20-13(4,5)6/h7-8H,14H2,1-6H3,(H,15,16). The number of rotatable bonds is 4. The fourth-order valence-electron chi connectivity index (χ4n) is 1.26. The average molecular weight is 289 g/mol. The van der Waals surface area contributed by atoms with Gasteiger partial charge in [0.05, 0.1) is 0 Å². The Kier molecular flexibility index (Phi) is 5.71. The van der Waals surface area contributed by atoms with Gasteiger partial charge in [0, 0.05) is 0 Å². The zero-order valence-corrected chi connectivity index (χ0v) is 12.7. The van der Waals surface area contributed by atoms with E-state index in [9.17, 15) is 14.4 Å². The smallest absolute Gasteiger partial charge is 0.323 e. The summed E-state index contributed by atoms with van der Waals surface area (Å²) < 4.78 is 10.0. The molecule has 116 valence electrons. The van der Waals surface area contributed by atoms with E-state index in [2.05, 4.69) is 0 Å². The number of aliphatic carboxylic acids is 1. The molecule has 0 aliphatic carbocycles. The number of carboxylic acid groups (broad SMARTS) is 1. The first-order chi connectivity index (χ1) is 8.74. The fourth-order valence-corrected chi connectivity index (χ4v) is 1.26. The molecule has 0 spiro atoms. The highest BCUT2D eigenvalue weighted by Gasteiger charge is 2.42. The Balaban J connectivity index is 5.24. The van der Waals surface area contributed by atoms with E-state index in [1.54, 1.807) is 41.5 Å². The van der Waals surface area contributed by atoms with Gasteiger partial charge >= 0.3 is 17.9 Å². The van der Waals surface area contributed by atoms with Gasteiger partial charge in [0.2, 0.25) is 0 Å². The van der Waals surface area contributed by atoms with Crippen LogP contribution in [0.3, 0.4) is 0 Å². The number of ether oxygens (including phenoxy) is 2. The quantitative estimate of drug-likeness (QED) is 0.578. The van der Waals surface area contributed by atoms with Crippen LogP contribution in [0, 0.1) is 5.92 Å². The molecule has 7 nitrogen and oxygen atoms in total. The molecule has 0 aliphatic rings. The maximum Gasteiger partial charge on any atom is 0.323 e. The summed E-state index contributed by atoms with van der Waals surface area (Å²) in [5, 5.41) is 8.91. The molecule has 20 heavy (non-hydrogen) atoms. The summed E-state index contributed by atoms with van der Waals surface area (Å²) in [5.74, 6) is -5.21. The molecule has 1 atom stereocenters. The molecular weight excluding hydrogens is 266 g/mol. The van der Waals surface area contributed by atoms with Crippen LogP contribution in [0.1, 0.15) is 41.5 Å². The number of carboxylic acids is 1. The van der Waals surface area contributed by atoms with Crippen LogP contribution in [0.5, 0.6) is 0 Å². The number of hydrogen-bond acceptors (Lipinski definition) is 6. The van der Waals surface area contributed by atoms with Crippen molar-refractivity contribution in [2.24, 2.45) is 11.7 Å². The highest BCUT2D eigenvalue weighted by Crippen LogP contribution is 2.18. The molecule has 0 rings (SSSR count). The Morgan fingerprint density at radius 1 is 0.900 bits per heavy atom. The molecule has 0 amide bonds. The topological polar surface area (TPSA) is 116 Å². The predicted molar refractivity (Wildman–Crippen MR) is 70.8 cm³/mol. The molecule has 0 fully saturated rings. The van der Waals surface area contributed by atoms with E-state index in [1.807, 2.05) is 0 Å². The van der Waals surface area contributed by atoms with Crippen LogP contribution in [0.2, 0.25) is 0 Å². The lowest BCUT2D eigenvalue weighted by atomic mass is 10.00. The number of nitrogens with two attached hydrogens (primary N) is 1. The van der Waals surface area contributed by atoms with Gasteiger partial charge in [0.1, 0.15) is 17.2 Å². The van der Waals surface area contributed by atoms with E-state index in [0.717, 1.165) is 0 Å². The lowest BCUT2D eigenvalue weighted by Crippen LogP contribution is -2.49. The van der Waals surface area contributed by atoms with Gasteiger partial charge in [-0.1, -0.05) is 0 Å². The van der Waals surface area contributed by atoms with Crippen LogP contribution in [-0.2, 0) is 23.9 Å². The third-order valence-electron chi connectivity index (χ3n) is 1.97. The van der Waals surface area contributed by atoms with Crippen molar-refractivity contribution >= 4 is 17.9 Å².